The number of nitrogens with two attached hydrogens (primary N) is 1. The third kappa shape index (κ3) is 2.91. The number of hydrogen-bond donors (Lipinski definition) is 3. The number of allylic oxidation sites excluding steroid dienone is 1. The minimum atomic E-state index is -0.886. The summed E-state index contributed by atoms with van der Waals surface area (Å²) in [5.74, 6) is 0.917. The van der Waals surface area contributed by atoms with Crippen LogP contribution in [0.4, 0.5) is 0 Å². The average Bonchev–Trinajstić information content (AvgIpc) is 3.40. The molecule has 6 nitrogen and oxygen atoms in total. The van der Waals surface area contributed by atoms with Gasteiger partial charge < -0.3 is 20.7 Å². The molecule has 2 unspecified atom stereocenters. The van der Waals surface area contributed by atoms with Gasteiger partial charge in [-0.25, -0.2) is 0 Å². The number of likely N-dealkylation sites (tertiary alicyclic amines) is 1. The number of aliphatic hydroxyl groups excluding tert-OH is 2. The van der Waals surface area contributed by atoms with Crippen LogP contribution in [0.25, 0.3) is 10.8 Å². The highest BCUT2D eigenvalue weighted by molar-refractivity contribution is 5.82. The Bertz CT molecular complexity index is 1350. The first-order valence-corrected chi connectivity index (χ1v) is 14.2. The molecule has 1 aromatic heterocycles. The van der Waals surface area contributed by atoms with Crippen LogP contribution in [0, 0.1) is 11.3 Å². The molecule has 2 aromatic rings. The maximum atomic E-state index is 11.3. The number of aromatic nitrogens is 1. The topological polar surface area (TPSA) is 91.8 Å². The van der Waals surface area contributed by atoms with Crippen molar-refractivity contribution in [3.05, 3.63) is 65.5 Å². The van der Waals surface area contributed by atoms with Gasteiger partial charge in [-0.05, 0) is 90.0 Å². The molecule has 2 saturated carbocycles. The van der Waals surface area contributed by atoms with Crippen molar-refractivity contribution in [1.29, 1.82) is 0 Å². The van der Waals surface area contributed by atoms with Gasteiger partial charge in [0, 0.05) is 43.0 Å². The van der Waals surface area contributed by atoms with E-state index in [1.165, 1.54) is 28.3 Å². The summed E-state index contributed by atoms with van der Waals surface area (Å²) in [5.41, 5.74) is 8.99. The first kappa shape index (κ1) is 22.9. The molecule has 1 aromatic carbocycles. The lowest BCUT2D eigenvalue weighted by molar-refractivity contribution is -0.173. The predicted molar refractivity (Wildman–Crippen MR) is 142 cm³/mol. The fourth-order valence-electron chi connectivity index (χ4n) is 9.46. The highest BCUT2D eigenvalue weighted by Crippen LogP contribution is 2.69. The molecule has 4 N–H and O–H groups in total. The summed E-state index contributed by atoms with van der Waals surface area (Å²) in [5, 5.41) is 24.9. The third-order valence-electron chi connectivity index (χ3n) is 11.3. The number of fused-ring (bicyclic) bond motifs is 2. The number of ether oxygens (including phenoxy) is 1. The monoisotopic (exact) mass is 499 g/mol. The molecule has 8 rings (SSSR count). The van der Waals surface area contributed by atoms with E-state index in [-0.39, 0.29) is 23.1 Å². The molecule has 4 fully saturated rings. The summed E-state index contributed by atoms with van der Waals surface area (Å²) in [4.78, 5) is 6.61. The van der Waals surface area contributed by atoms with Crippen LogP contribution in [0.3, 0.4) is 0 Å². The highest BCUT2D eigenvalue weighted by Gasteiger charge is 2.68. The van der Waals surface area contributed by atoms with Gasteiger partial charge in [-0.15, -0.1) is 0 Å². The second-order valence-electron chi connectivity index (χ2n) is 13.0. The van der Waals surface area contributed by atoms with E-state index in [9.17, 15) is 10.2 Å². The molecule has 0 amide bonds. The van der Waals surface area contributed by atoms with E-state index in [0.29, 0.717) is 11.8 Å². The van der Waals surface area contributed by atoms with Gasteiger partial charge in [-0.3, -0.25) is 9.88 Å². The summed E-state index contributed by atoms with van der Waals surface area (Å²) in [7, 11) is 0. The zero-order chi connectivity index (χ0) is 25.2. The lowest BCUT2D eigenvalue weighted by Crippen LogP contribution is -2.68. The summed E-state index contributed by atoms with van der Waals surface area (Å²) in [6.07, 6.45) is 12.8. The fourth-order valence-corrected chi connectivity index (χ4v) is 9.46. The van der Waals surface area contributed by atoms with Gasteiger partial charge in [0.25, 0.3) is 0 Å². The number of rotatable bonds is 2. The maximum absolute atomic E-state index is 11.3. The summed E-state index contributed by atoms with van der Waals surface area (Å²) in [6.45, 7) is 4.05. The van der Waals surface area contributed by atoms with Crippen molar-refractivity contribution in [1.82, 2.24) is 9.88 Å². The Morgan fingerprint density at radius 1 is 1.11 bits per heavy atom. The Morgan fingerprint density at radius 2 is 1.97 bits per heavy atom. The number of hydrogen-bond acceptors (Lipinski definition) is 6. The van der Waals surface area contributed by atoms with Crippen LogP contribution in [-0.2, 0) is 4.74 Å². The number of nitrogens with zero attached hydrogens (tertiary/aromatic N) is 2. The molecule has 3 aliphatic heterocycles. The summed E-state index contributed by atoms with van der Waals surface area (Å²) < 4.78 is 7.33. The van der Waals surface area contributed by atoms with E-state index < -0.39 is 17.8 Å². The minimum absolute atomic E-state index is 0.106. The van der Waals surface area contributed by atoms with E-state index in [0.717, 1.165) is 50.8 Å². The van der Waals surface area contributed by atoms with E-state index in [2.05, 4.69) is 53.2 Å². The second kappa shape index (κ2) is 7.51. The Hall–Kier alpha value is -2.09. The molecule has 2 spiro atoms. The van der Waals surface area contributed by atoms with E-state index in [1.807, 2.05) is 12.4 Å². The first-order chi connectivity index (χ1) is 17.8. The molecule has 194 valence electrons. The van der Waals surface area contributed by atoms with Gasteiger partial charge in [0.05, 0.1) is 17.3 Å². The Labute approximate surface area is 218 Å². The molecule has 2 bridgehead atoms. The molecule has 8 atom stereocenters. The van der Waals surface area contributed by atoms with Crippen molar-refractivity contribution in [2.75, 3.05) is 13.1 Å². The van der Waals surface area contributed by atoms with Crippen molar-refractivity contribution in [2.24, 2.45) is 17.1 Å². The zero-order valence-electron chi connectivity index (χ0n) is 21.5. The maximum Gasteiger partial charge on any atom is 0.105 e. The van der Waals surface area contributed by atoms with Crippen molar-refractivity contribution in [3.8, 4) is 0 Å². The largest absolute Gasteiger partial charge is 0.388 e. The van der Waals surface area contributed by atoms with E-state index >= 15 is 0 Å². The SMILES string of the molecule is C[C@]12CC=C3C=C4[C@@H](O)[C@@H](O)[C@@H](N5CC(N)C5)C[C@]45CCC3(O5)[C@@H]1CCC2c1ccc2ccncc2c1. The Balaban J connectivity index is 1.17. The number of benzene rings is 1. The molecule has 2 saturated heterocycles. The van der Waals surface area contributed by atoms with Crippen molar-refractivity contribution in [2.45, 2.75) is 86.9 Å². The van der Waals surface area contributed by atoms with Gasteiger partial charge in [-0.2, -0.15) is 0 Å². The van der Waals surface area contributed by atoms with Crippen molar-refractivity contribution < 1.29 is 14.9 Å². The quantitative estimate of drug-likeness (QED) is 0.587. The van der Waals surface area contributed by atoms with Crippen molar-refractivity contribution >= 4 is 10.8 Å². The molecular weight excluding hydrogens is 462 g/mol. The highest BCUT2D eigenvalue weighted by atomic mass is 16.5. The predicted octanol–water partition coefficient (Wildman–Crippen LogP) is 3.43. The first-order valence-electron chi connectivity index (χ1n) is 14.2. The van der Waals surface area contributed by atoms with Crippen LogP contribution in [0.1, 0.15) is 56.9 Å². The second-order valence-corrected chi connectivity index (χ2v) is 13.0. The third-order valence-corrected chi connectivity index (χ3v) is 11.3. The normalized spacial score (nSPS) is 45.0. The molecule has 6 heteroatoms. The summed E-state index contributed by atoms with van der Waals surface area (Å²) in [6, 6.07) is 9.07. The number of pyridine rings is 1. The van der Waals surface area contributed by atoms with Gasteiger partial charge in [-0.1, -0.05) is 31.2 Å². The lowest BCUT2D eigenvalue weighted by Gasteiger charge is -2.57. The standard InChI is InChI=1S/C31H37N3O3/c1-29-8-6-21-13-24-27(35)28(36)25(34-16-22(32)17-34)14-30(24)9-10-31(21,37-30)26(29)5-4-23(29)19-3-2-18-7-11-33-15-20(18)12-19/h2-3,6-7,11-13,15,22-23,25-28,35-36H,4-5,8-10,14,16-17,32H2,1H3/t23?,25-,26+,27+,28-,29+,30+,31?/m0/s1. The van der Waals surface area contributed by atoms with Crippen LogP contribution >= 0.6 is 0 Å². The molecule has 6 aliphatic rings. The van der Waals surface area contributed by atoms with Gasteiger partial charge in [0.2, 0.25) is 0 Å². The van der Waals surface area contributed by atoms with Crippen LogP contribution in [-0.4, -0.2) is 68.7 Å². The van der Waals surface area contributed by atoms with Crippen LogP contribution < -0.4 is 5.73 Å². The molecule has 4 heterocycles. The van der Waals surface area contributed by atoms with Gasteiger partial charge in [0.15, 0.2) is 0 Å². The zero-order valence-corrected chi connectivity index (χ0v) is 21.5. The van der Waals surface area contributed by atoms with Crippen LogP contribution in [0.5, 0.6) is 0 Å². The molecule has 37 heavy (non-hydrogen) atoms. The average molecular weight is 500 g/mol. The lowest BCUT2D eigenvalue weighted by atomic mass is 9.58. The van der Waals surface area contributed by atoms with E-state index in [4.69, 9.17) is 10.5 Å². The van der Waals surface area contributed by atoms with Crippen LogP contribution in [0.2, 0.25) is 0 Å². The van der Waals surface area contributed by atoms with Crippen LogP contribution in [0.15, 0.2) is 60.0 Å². The van der Waals surface area contributed by atoms with Crippen molar-refractivity contribution in [3.63, 3.8) is 0 Å². The summed E-state index contributed by atoms with van der Waals surface area (Å²) >= 11 is 0. The minimum Gasteiger partial charge on any atom is -0.388 e. The Kier molecular flexibility index (Phi) is 4.64. The number of aliphatic hydroxyl groups is 2. The van der Waals surface area contributed by atoms with Gasteiger partial charge in [0.1, 0.15) is 6.10 Å². The molecule has 3 aliphatic carbocycles. The molecular formula is C31H37N3O3. The van der Waals surface area contributed by atoms with E-state index in [1.54, 1.807) is 0 Å². The van der Waals surface area contributed by atoms with Gasteiger partial charge >= 0.3 is 0 Å². The molecule has 0 radical (unpaired) electrons. The Morgan fingerprint density at radius 3 is 2.81 bits per heavy atom. The smallest absolute Gasteiger partial charge is 0.105 e. The fraction of sp³-hybridized carbons (Fsp3) is 0.581.